The van der Waals surface area contributed by atoms with Crippen molar-refractivity contribution in [2.75, 3.05) is 20.3 Å². The topological polar surface area (TPSA) is 247 Å². The molecule has 1 saturated heterocycles. The van der Waals surface area contributed by atoms with Gasteiger partial charge in [0.1, 0.15) is 48.4 Å². The predicted molar refractivity (Wildman–Crippen MR) is 221 cm³/mol. The van der Waals surface area contributed by atoms with Gasteiger partial charge in [0.15, 0.2) is 23.2 Å². The largest absolute Gasteiger partial charge is 0.493 e. The Morgan fingerprint density at radius 2 is 1.90 bits per heavy atom. The first kappa shape index (κ1) is 40.9. The van der Waals surface area contributed by atoms with Crippen molar-refractivity contribution < 1.29 is 63.2 Å². The van der Waals surface area contributed by atoms with Gasteiger partial charge in [0, 0.05) is 60.3 Å². The lowest BCUT2D eigenvalue weighted by atomic mass is 9.75. The van der Waals surface area contributed by atoms with Crippen LogP contribution in [-0.2, 0) is 32.0 Å². The van der Waals surface area contributed by atoms with Gasteiger partial charge in [-0.25, -0.2) is 0 Å². The van der Waals surface area contributed by atoms with Crippen LogP contribution in [-0.4, -0.2) is 112 Å². The summed E-state index contributed by atoms with van der Waals surface area (Å²) >= 11 is 0. The maximum absolute atomic E-state index is 12.5. The van der Waals surface area contributed by atoms with E-state index in [0.29, 0.717) is 54.7 Å². The number of carbonyl (C=O) groups excluding carboxylic acids is 1. The number of benzene rings is 3. The third kappa shape index (κ3) is 6.94. The lowest BCUT2D eigenvalue weighted by molar-refractivity contribution is -0.329. The molecule has 17 nitrogen and oxygen atoms in total. The SMILES string of the molecule is COc1ccc2c3c1OCCC#CC(c1ccccc1)C1Oc4cc5c(c(CN6C=C7N=CC=C7C6)c4C(O3)C21)CCC1(O)C(O5)OC(C(OC(=O)CC(=O)O)C(N)N)C(O)C1O. The van der Waals surface area contributed by atoms with Crippen LogP contribution < -0.4 is 35.2 Å². The molecule has 3 aromatic rings. The summed E-state index contributed by atoms with van der Waals surface area (Å²) in [5, 5.41) is 44.6. The Bertz CT molecular complexity index is 2520. The van der Waals surface area contributed by atoms with Gasteiger partial charge in [-0.1, -0.05) is 48.2 Å². The molecule has 8 N–H and O–H groups in total. The second-order valence-corrected chi connectivity index (χ2v) is 16.7. The Labute approximate surface area is 361 Å². The van der Waals surface area contributed by atoms with Crippen LogP contribution in [0.2, 0.25) is 0 Å². The molecular formula is C46H46N4O13. The minimum atomic E-state index is -2.22. The number of nitrogens with zero attached hydrogens (tertiary/aromatic N) is 2. The number of carbonyl (C=O) groups is 2. The van der Waals surface area contributed by atoms with E-state index in [4.69, 9.17) is 44.6 Å². The number of hydrogen-bond acceptors (Lipinski definition) is 16. The van der Waals surface area contributed by atoms with Gasteiger partial charge >= 0.3 is 11.9 Å². The van der Waals surface area contributed by atoms with Gasteiger partial charge in [-0.15, -0.1) is 0 Å². The highest BCUT2D eigenvalue weighted by molar-refractivity contribution is 5.90. The molecule has 1 fully saturated rings. The number of methoxy groups -OCH3 is 1. The summed E-state index contributed by atoms with van der Waals surface area (Å²) in [6.07, 6.45) is -6.38. The number of aliphatic carboxylic acids is 1. The third-order valence-electron chi connectivity index (χ3n) is 12.9. The van der Waals surface area contributed by atoms with Crippen LogP contribution in [0.4, 0.5) is 0 Å². The quantitative estimate of drug-likeness (QED) is 0.0780. The van der Waals surface area contributed by atoms with E-state index in [-0.39, 0.29) is 24.5 Å². The molecule has 10 unspecified atom stereocenters. The minimum absolute atomic E-state index is 0.134. The maximum Gasteiger partial charge on any atom is 0.317 e. The molecule has 10 atom stereocenters. The number of ether oxygens (including phenoxy) is 7. The number of esters is 1. The number of carboxylic acid groups (broad SMARTS) is 1. The second-order valence-electron chi connectivity index (χ2n) is 16.7. The van der Waals surface area contributed by atoms with Crippen LogP contribution >= 0.6 is 0 Å². The molecule has 4 bridgehead atoms. The summed E-state index contributed by atoms with van der Waals surface area (Å²) in [7, 11) is 1.58. The monoisotopic (exact) mass is 862 g/mol. The highest BCUT2D eigenvalue weighted by atomic mass is 16.7. The van der Waals surface area contributed by atoms with Gasteiger partial charge in [-0.2, -0.15) is 0 Å². The van der Waals surface area contributed by atoms with Crippen molar-refractivity contribution in [2.24, 2.45) is 16.5 Å². The Morgan fingerprint density at radius 3 is 2.67 bits per heavy atom. The third-order valence-corrected chi connectivity index (χ3v) is 12.9. The van der Waals surface area contributed by atoms with Crippen molar-refractivity contribution in [2.45, 2.75) is 98.7 Å². The van der Waals surface area contributed by atoms with Crippen molar-refractivity contribution >= 4 is 18.2 Å². The van der Waals surface area contributed by atoms with E-state index >= 15 is 0 Å². The minimum Gasteiger partial charge on any atom is -0.493 e. The highest BCUT2D eigenvalue weighted by Gasteiger charge is 2.60. The summed E-state index contributed by atoms with van der Waals surface area (Å²) < 4.78 is 44.6. The average molecular weight is 863 g/mol. The molecule has 7 aliphatic heterocycles. The zero-order valence-electron chi connectivity index (χ0n) is 34.1. The lowest BCUT2D eigenvalue weighted by Gasteiger charge is -2.48. The molecule has 328 valence electrons. The summed E-state index contributed by atoms with van der Waals surface area (Å²) in [5.74, 6) is 5.59. The van der Waals surface area contributed by atoms with Gasteiger partial charge in [-0.3, -0.25) is 14.6 Å². The average Bonchev–Trinajstić information content (AvgIpc) is 3.95. The lowest BCUT2D eigenvalue weighted by Crippen LogP contribution is -2.71. The molecule has 0 amide bonds. The fourth-order valence-electron chi connectivity index (χ4n) is 9.92. The van der Waals surface area contributed by atoms with Gasteiger partial charge in [0.25, 0.3) is 0 Å². The van der Waals surface area contributed by atoms with E-state index < -0.39 is 79.0 Å². The number of hydrogen-bond donors (Lipinski definition) is 6. The van der Waals surface area contributed by atoms with Crippen molar-refractivity contribution in [3.05, 3.63) is 99.9 Å². The number of fused-ring (bicyclic) bond motifs is 5. The molecular weight excluding hydrogens is 817 g/mol. The van der Waals surface area contributed by atoms with E-state index in [1.54, 1.807) is 19.4 Å². The Balaban J connectivity index is 1.12. The molecule has 7 aliphatic rings. The summed E-state index contributed by atoms with van der Waals surface area (Å²) in [5.41, 5.74) is 15.7. The molecule has 0 spiro atoms. The molecule has 0 radical (unpaired) electrons. The molecule has 0 saturated carbocycles. The fourth-order valence-corrected chi connectivity index (χ4v) is 9.92. The number of aliphatic hydroxyl groups excluding tert-OH is 2. The van der Waals surface area contributed by atoms with Gasteiger partial charge < -0.3 is 70.0 Å². The zero-order chi connectivity index (χ0) is 43.7. The molecule has 0 aromatic heterocycles. The predicted octanol–water partition coefficient (Wildman–Crippen LogP) is 2.04. The molecule has 3 aromatic carbocycles. The van der Waals surface area contributed by atoms with Crippen LogP contribution in [0.1, 0.15) is 65.0 Å². The molecule has 7 heterocycles. The molecule has 0 aliphatic carbocycles. The Hall–Kier alpha value is -6.13. The van der Waals surface area contributed by atoms with E-state index in [9.17, 15) is 30.0 Å². The van der Waals surface area contributed by atoms with Gasteiger partial charge in [-0.05, 0) is 36.1 Å². The van der Waals surface area contributed by atoms with E-state index in [1.807, 2.05) is 54.7 Å². The zero-order valence-corrected chi connectivity index (χ0v) is 34.1. The van der Waals surface area contributed by atoms with Crippen LogP contribution in [0.15, 0.2) is 77.1 Å². The Morgan fingerprint density at radius 1 is 1.08 bits per heavy atom. The smallest absolute Gasteiger partial charge is 0.317 e. The van der Waals surface area contributed by atoms with Crippen LogP contribution in [0.3, 0.4) is 0 Å². The normalized spacial score (nSPS) is 29.8. The Kier molecular flexibility index (Phi) is 10.3. The molecule has 10 rings (SSSR count). The van der Waals surface area contributed by atoms with Gasteiger partial charge in [0.2, 0.25) is 12.0 Å². The standard InChI is InChI=1S/C46H46N4O13/c1-57-29-11-10-26-35-37-24(22-7-3-2-4-8-22)9-5-6-16-58-39(29)38(26)62-40(35)34-27(20-50-19-23-13-15-49-28(23)21-50)25-12-14-46(56)43(55)36(54)41(42(44(47)48)61-33(53)18-32(51)52)63-45(46)60-30(25)17-31(34)59-37/h2-4,7-8,10-11,13,15,17,21,24,35-37,40-45,54-56H,6,12,14,16,18-20,47-48H2,1H3,(H,51,52). The van der Waals surface area contributed by atoms with E-state index in [0.717, 1.165) is 33.5 Å². The first-order valence-corrected chi connectivity index (χ1v) is 20.8. The number of aliphatic imine (C=N–C) groups is 1. The first-order chi connectivity index (χ1) is 30.4. The second kappa shape index (κ2) is 15.9. The van der Waals surface area contributed by atoms with Crippen molar-refractivity contribution in [1.82, 2.24) is 4.90 Å². The number of carboxylic acids is 1. The number of rotatable bonds is 9. The first-order valence-electron chi connectivity index (χ1n) is 20.8. The van der Waals surface area contributed by atoms with Gasteiger partial charge in [0.05, 0.1) is 37.4 Å². The molecule has 63 heavy (non-hydrogen) atoms. The van der Waals surface area contributed by atoms with E-state index in [2.05, 4.69) is 21.7 Å². The summed E-state index contributed by atoms with van der Waals surface area (Å²) in [6.45, 7) is 1.20. The fraction of sp³-hybridized carbons (Fsp3) is 0.413. The number of aliphatic hydroxyl groups is 3. The van der Waals surface area contributed by atoms with Crippen molar-refractivity contribution in [3.8, 4) is 40.6 Å². The van der Waals surface area contributed by atoms with Crippen molar-refractivity contribution in [1.29, 1.82) is 0 Å². The highest BCUT2D eigenvalue weighted by Crippen LogP contribution is 2.62. The summed E-state index contributed by atoms with van der Waals surface area (Å²) in [4.78, 5) is 30.4. The van der Waals surface area contributed by atoms with Crippen LogP contribution in [0.5, 0.6) is 28.7 Å². The number of allylic oxidation sites excluding steroid dienone is 1. The van der Waals surface area contributed by atoms with Crippen LogP contribution in [0, 0.1) is 11.8 Å². The maximum atomic E-state index is 12.5. The van der Waals surface area contributed by atoms with Crippen LogP contribution in [0.25, 0.3) is 0 Å². The van der Waals surface area contributed by atoms with E-state index in [1.165, 1.54) is 0 Å². The number of nitrogens with two attached hydrogens (primary N) is 2. The summed E-state index contributed by atoms with van der Waals surface area (Å²) in [6, 6.07) is 15.5. The molecule has 17 heteroatoms. The van der Waals surface area contributed by atoms with Crippen molar-refractivity contribution in [3.63, 3.8) is 0 Å².